The maximum Gasteiger partial charge on any atom is 0.416 e. The van der Waals surface area contributed by atoms with Crippen molar-refractivity contribution in [2.45, 2.75) is 11.1 Å². The molecule has 0 aliphatic carbocycles. The van der Waals surface area contributed by atoms with E-state index in [-0.39, 0.29) is 31.9 Å². The molecule has 1 fully saturated rings. The normalized spacial score (nSPS) is 15.8. The first-order valence-corrected chi connectivity index (χ1v) is 11.0. The fraction of sp³-hybridized carbons (Fsp3) is 0.250. The first-order chi connectivity index (χ1) is 15.1. The van der Waals surface area contributed by atoms with Gasteiger partial charge in [-0.15, -0.1) is 0 Å². The zero-order chi connectivity index (χ0) is 23.1. The third-order valence-corrected chi connectivity index (χ3v) is 7.20. The number of nitro groups is 1. The Morgan fingerprint density at radius 2 is 1.72 bits per heavy atom. The van der Waals surface area contributed by atoms with Crippen LogP contribution < -0.4 is 4.90 Å². The summed E-state index contributed by atoms with van der Waals surface area (Å²) in [6, 6.07) is 9.82. The SMILES string of the molecule is O=[N+]([O-])c1ccc(N2CCN(S(=O)(=O)c3cccc(C(F)(F)F)c3)CC2)c2ncccc12. The molecule has 0 unspecified atom stereocenters. The molecule has 0 bridgehead atoms. The summed E-state index contributed by atoms with van der Waals surface area (Å²) in [6.07, 6.45) is -3.13. The van der Waals surface area contributed by atoms with Crippen molar-refractivity contribution in [1.82, 2.24) is 9.29 Å². The van der Waals surface area contributed by atoms with Gasteiger partial charge in [0.15, 0.2) is 0 Å². The highest BCUT2D eigenvalue weighted by Gasteiger charge is 2.34. The number of fused-ring (bicyclic) bond motifs is 1. The number of halogens is 3. The van der Waals surface area contributed by atoms with E-state index in [9.17, 15) is 31.7 Å². The number of hydrogen-bond donors (Lipinski definition) is 0. The molecule has 32 heavy (non-hydrogen) atoms. The maximum atomic E-state index is 13.0. The molecule has 0 spiro atoms. The summed E-state index contributed by atoms with van der Waals surface area (Å²) < 4.78 is 65.9. The van der Waals surface area contributed by atoms with Gasteiger partial charge in [-0.1, -0.05) is 6.07 Å². The van der Waals surface area contributed by atoms with Crippen molar-refractivity contribution in [2.24, 2.45) is 0 Å². The van der Waals surface area contributed by atoms with Crippen LogP contribution in [0.2, 0.25) is 0 Å². The lowest BCUT2D eigenvalue weighted by Crippen LogP contribution is -2.48. The maximum absolute atomic E-state index is 13.0. The van der Waals surface area contributed by atoms with Crippen molar-refractivity contribution in [3.05, 3.63) is 70.4 Å². The number of pyridine rings is 1. The minimum absolute atomic E-state index is 0.0455. The second kappa shape index (κ2) is 8.02. The van der Waals surface area contributed by atoms with Gasteiger partial charge in [-0.3, -0.25) is 15.1 Å². The predicted molar refractivity (Wildman–Crippen MR) is 111 cm³/mol. The highest BCUT2D eigenvalue weighted by molar-refractivity contribution is 7.89. The van der Waals surface area contributed by atoms with Crippen LogP contribution in [0, 0.1) is 10.1 Å². The van der Waals surface area contributed by atoms with Gasteiger partial charge in [0.2, 0.25) is 10.0 Å². The van der Waals surface area contributed by atoms with Crippen molar-refractivity contribution in [1.29, 1.82) is 0 Å². The van der Waals surface area contributed by atoms with Crippen molar-refractivity contribution < 1.29 is 26.5 Å². The topological polar surface area (TPSA) is 96.6 Å². The Bertz CT molecular complexity index is 1290. The molecule has 168 valence electrons. The summed E-state index contributed by atoms with van der Waals surface area (Å²) in [5, 5.41) is 11.7. The van der Waals surface area contributed by atoms with Crippen LogP contribution in [0.3, 0.4) is 0 Å². The van der Waals surface area contributed by atoms with E-state index in [1.807, 2.05) is 4.90 Å². The van der Waals surface area contributed by atoms with E-state index < -0.39 is 31.6 Å². The number of aromatic nitrogens is 1. The van der Waals surface area contributed by atoms with Crippen LogP contribution in [0.5, 0.6) is 0 Å². The molecule has 12 heteroatoms. The van der Waals surface area contributed by atoms with E-state index in [1.165, 1.54) is 12.3 Å². The lowest BCUT2D eigenvalue weighted by molar-refractivity contribution is -0.383. The van der Waals surface area contributed by atoms with Crippen molar-refractivity contribution in [2.75, 3.05) is 31.1 Å². The average Bonchev–Trinajstić information content (AvgIpc) is 2.78. The van der Waals surface area contributed by atoms with E-state index in [0.29, 0.717) is 22.7 Å². The summed E-state index contributed by atoms with van der Waals surface area (Å²) in [6.45, 7) is 0.594. The van der Waals surface area contributed by atoms with Crippen LogP contribution in [0.15, 0.2) is 59.6 Å². The second-order valence-electron chi connectivity index (χ2n) is 7.18. The third-order valence-electron chi connectivity index (χ3n) is 5.30. The number of piperazine rings is 1. The number of benzene rings is 2. The Balaban J connectivity index is 1.58. The number of sulfonamides is 1. The van der Waals surface area contributed by atoms with Gasteiger partial charge < -0.3 is 4.90 Å². The minimum Gasteiger partial charge on any atom is -0.367 e. The minimum atomic E-state index is -4.64. The Hall–Kier alpha value is -3.25. The van der Waals surface area contributed by atoms with Gasteiger partial charge in [0.25, 0.3) is 5.69 Å². The molecular formula is C20H17F3N4O4S. The highest BCUT2D eigenvalue weighted by Crippen LogP contribution is 2.34. The summed E-state index contributed by atoms with van der Waals surface area (Å²) in [5.74, 6) is 0. The van der Waals surface area contributed by atoms with Gasteiger partial charge in [-0.2, -0.15) is 17.5 Å². The van der Waals surface area contributed by atoms with Crippen LogP contribution in [0.1, 0.15) is 5.56 Å². The van der Waals surface area contributed by atoms with Crippen molar-refractivity contribution >= 4 is 32.3 Å². The van der Waals surface area contributed by atoms with Crippen LogP contribution in [0.25, 0.3) is 10.9 Å². The fourth-order valence-corrected chi connectivity index (χ4v) is 5.18. The monoisotopic (exact) mass is 466 g/mol. The van der Waals surface area contributed by atoms with Crippen molar-refractivity contribution in [3.8, 4) is 0 Å². The van der Waals surface area contributed by atoms with Gasteiger partial charge in [-0.25, -0.2) is 8.42 Å². The first-order valence-electron chi connectivity index (χ1n) is 9.53. The smallest absolute Gasteiger partial charge is 0.367 e. The van der Waals surface area contributed by atoms with Crippen LogP contribution in [0.4, 0.5) is 24.5 Å². The van der Waals surface area contributed by atoms with Gasteiger partial charge in [0.1, 0.15) is 5.52 Å². The number of non-ortho nitro benzene ring substituents is 1. The molecule has 3 aromatic rings. The summed E-state index contributed by atoms with van der Waals surface area (Å²) in [7, 11) is -4.11. The Kier molecular flexibility index (Phi) is 5.51. The lowest BCUT2D eigenvalue weighted by atomic mass is 10.1. The first kappa shape index (κ1) is 22.0. The van der Waals surface area contributed by atoms with Gasteiger partial charge in [0, 0.05) is 38.4 Å². The summed E-state index contributed by atoms with van der Waals surface area (Å²) in [5.41, 5.74) is -0.0542. The molecule has 0 amide bonds. The molecule has 1 aliphatic heterocycles. The largest absolute Gasteiger partial charge is 0.416 e. The Morgan fingerprint density at radius 3 is 2.38 bits per heavy atom. The standard InChI is InChI=1S/C20H17F3N4O4S/c21-20(22,23)14-3-1-4-15(13-14)32(30,31)26-11-9-25(10-12-26)18-7-6-17(27(28)29)16-5-2-8-24-19(16)18/h1-8,13H,9-12H2. The molecule has 1 aromatic heterocycles. The van der Waals surface area contributed by atoms with Gasteiger partial charge in [-0.05, 0) is 36.4 Å². The number of nitrogens with zero attached hydrogens (tertiary/aromatic N) is 4. The van der Waals surface area contributed by atoms with Crippen LogP contribution >= 0.6 is 0 Å². The zero-order valence-electron chi connectivity index (χ0n) is 16.5. The van der Waals surface area contributed by atoms with Crippen molar-refractivity contribution in [3.63, 3.8) is 0 Å². The summed E-state index contributed by atoms with van der Waals surface area (Å²) >= 11 is 0. The molecule has 0 atom stereocenters. The molecule has 0 saturated carbocycles. The predicted octanol–water partition coefficient (Wildman–Crippen LogP) is 3.67. The molecule has 2 heterocycles. The molecular weight excluding hydrogens is 449 g/mol. The Labute approximate surface area is 181 Å². The van der Waals surface area contributed by atoms with Crippen LogP contribution in [-0.4, -0.2) is 48.8 Å². The van der Waals surface area contributed by atoms with Gasteiger partial charge >= 0.3 is 6.18 Å². The van der Waals surface area contributed by atoms with Gasteiger partial charge in [0.05, 0.1) is 26.5 Å². The van der Waals surface area contributed by atoms with E-state index in [4.69, 9.17) is 0 Å². The van der Waals surface area contributed by atoms with E-state index in [2.05, 4.69) is 4.98 Å². The molecule has 8 nitrogen and oxygen atoms in total. The molecule has 0 radical (unpaired) electrons. The molecule has 1 aliphatic rings. The number of hydrogen-bond acceptors (Lipinski definition) is 6. The molecule has 4 rings (SSSR count). The van der Waals surface area contributed by atoms with E-state index in [1.54, 1.807) is 18.2 Å². The molecule has 0 N–H and O–H groups in total. The Morgan fingerprint density at radius 1 is 1.00 bits per heavy atom. The molecule has 1 saturated heterocycles. The number of rotatable bonds is 4. The third kappa shape index (κ3) is 3.98. The molecule has 2 aromatic carbocycles. The number of nitro benzene ring substituents is 1. The highest BCUT2D eigenvalue weighted by atomic mass is 32.2. The zero-order valence-corrected chi connectivity index (χ0v) is 17.3. The quantitative estimate of drug-likeness (QED) is 0.430. The van der Waals surface area contributed by atoms with E-state index >= 15 is 0 Å². The van der Waals surface area contributed by atoms with E-state index in [0.717, 1.165) is 22.5 Å². The average molecular weight is 466 g/mol. The summed E-state index contributed by atoms with van der Waals surface area (Å²) in [4.78, 5) is 16.5. The second-order valence-corrected chi connectivity index (χ2v) is 9.12. The number of alkyl halides is 3. The lowest BCUT2D eigenvalue weighted by Gasteiger charge is -2.35. The van der Waals surface area contributed by atoms with Crippen LogP contribution in [-0.2, 0) is 16.2 Å². The number of anilines is 1. The fourth-order valence-electron chi connectivity index (χ4n) is 3.71.